The van der Waals surface area contributed by atoms with Crippen molar-refractivity contribution in [3.05, 3.63) is 42.1 Å². The second kappa shape index (κ2) is 4.11. The quantitative estimate of drug-likeness (QED) is 0.869. The Morgan fingerprint density at radius 3 is 2.82 bits per heavy atom. The van der Waals surface area contributed by atoms with E-state index >= 15 is 0 Å². The first-order valence-electron chi connectivity index (χ1n) is 6.35. The van der Waals surface area contributed by atoms with Gasteiger partial charge in [0.05, 0.1) is 5.52 Å². The van der Waals surface area contributed by atoms with Gasteiger partial charge in [0.1, 0.15) is 0 Å². The average molecular weight is 226 g/mol. The second-order valence-corrected chi connectivity index (χ2v) is 5.26. The minimum absolute atomic E-state index is 0.358. The molecule has 1 heterocycles. The molecule has 3 rings (SSSR count). The van der Waals surface area contributed by atoms with Crippen LogP contribution < -0.4 is 5.32 Å². The normalized spacial score (nSPS) is 17.9. The lowest BCUT2D eigenvalue weighted by molar-refractivity contribution is 0.207. The third kappa shape index (κ3) is 2.05. The predicted molar refractivity (Wildman–Crippen MR) is 70.8 cm³/mol. The van der Waals surface area contributed by atoms with Crippen LogP contribution in [0.5, 0.6) is 0 Å². The molecule has 1 aliphatic carbocycles. The topological polar surface area (TPSA) is 24.9 Å². The van der Waals surface area contributed by atoms with Crippen molar-refractivity contribution in [1.82, 2.24) is 10.3 Å². The van der Waals surface area contributed by atoms with Crippen molar-refractivity contribution >= 4 is 10.9 Å². The molecule has 0 unspecified atom stereocenters. The second-order valence-electron chi connectivity index (χ2n) is 5.26. The van der Waals surface area contributed by atoms with Crippen molar-refractivity contribution in [2.45, 2.75) is 38.3 Å². The van der Waals surface area contributed by atoms with Crippen molar-refractivity contribution in [2.75, 3.05) is 0 Å². The third-order valence-corrected chi connectivity index (χ3v) is 3.88. The zero-order valence-corrected chi connectivity index (χ0v) is 10.2. The molecule has 0 saturated heterocycles. The first-order valence-corrected chi connectivity index (χ1v) is 6.35. The van der Waals surface area contributed by atoms with Crippen LogP contribution in [-0.4, -0.2) is 10.5 Å². The van der Waals surface area contributed by atoms with Crippen molar-refractivity contribution in [1.29, 1.82) is 0 Å². The van der Waals surface area contributed by atoms with Crippen LogP contribution in [0.2, 0.25) is 0 Å². The van der Waals surface area contributed by atoms with Gasteiger partial charge in [-0.15, -0.1) is 0 Å². The van der Waals surface area contributed by atoms with Crippen LogP contribution in [0, 0.1) is 0 Å². The SMILES string of the molecule is CC1(NCc2cccc3cccnc23)CCC1. The molecule has 1 aromatic carbocycles. The van der Waals surface area contributed by atoms with Crippen LogP contribution in [-0.2, 0) is 6.54 Å². The molecular weight excluding hydrogens is 208 g/mol. The highest BCUT2D eigenvalue weighted by atomic mass is 15.0. The van der Waals surface area contributed by atoms with Crippen LogP contribution in [0.1, 0.15) is 31.7 Å². The molecule has 0 atom stereocenters. The molecule has 1 N–H and O–H groups in total. The van der Waals surface area contributed by atoms with E-state index in [0.29, 0.717) is 5.54 Å². The van der Waals surface area contributed by atoms with Gasteiger partial charge in [-0.25, -0.2) is 0 Å². The molecule has 0 aliphatic heterocycles. The largest absolute Gasteiger partial charge is 0.307 e. The van der Waals surface area contributed by atoms with Crippen molar-refractivity contribution in [3.8, 4) is 0 Å². The Morgan fingerprint density at radius 1 is 1.24 bits per heavy atom. The Balaban J connectivity index is 1.85. The lowest BCUT2D eigenvalue weighted by atomic mass is 9.78. The monoisotopic (exact) mass is 226 g/mol. The zero-order valence-electron chi connectivity index (χ0n) is 10.2. The summed E-state index contributed by atoms with van der Waals surface area (Å²) in [6, 6.07) is 10.5. The van der Waals surface area contributed by atoms with Gasteiger partial charge in [-0.05, 0) is 37.8 Å². The van der Waals surface area contributed by atoms with E-state index in [1.54, 1.807) is 0 Å². The van der Waals surface area contributed by atoms with Crippen LogP contribution >= 0.6 is 0 Å². The summed E-state index contributed by atoms with van der Waals surface area (Å²) in [7, 11) is 0. The molecule has 0 bridgehead atoms. The van der Waals surface area contributed by atoms with E-state index < -0.39 is 0 Å². The zero-order chi connectivity index (χ0) is 11.7. The highest BCUT2D eigenvalue weighted by Gasteiger charge is 2.30. The summed E-state index contributed by atoms with van der Waals surface area (Å²) in [6.07, 6.45) is 5.82. The lowest BCUT2D eigenvalue weighted by Crippen LogP contribution is -2.47. The molecule has 17 heavy (non-hydrogen) atoms. The van der Waals surface area contributed by atoms with E-state index in [1.165, 1.54) is 30.2 Å². The van der Waals surface area contributed by atoms with E-state index in [-0.39, 0.29) is 0 Å². The summed E-state index contributed by atoms with van der Waals surface area (Å²) in [6.45, 7) is 3.24. The number of fused-ring (bicyclic) bond motifs is 1. The molecule has 88 valence electrons. The molecule has 0 amide bonds. The first kappa shape index (κ1) is 10.7. The number of benzene rings is 1. The standard InChI is InChI=1S/C15H18N2/c1-15(8-4-9-15)17-11-13-6-2-5-12-7-3-10-16-14(12)13/h2-3,5-7,10,17H,4,8-9,11H2,1H3. The van der Waals surface area contributed by atoms with Gasteiger partial charge in [-0.2, -0.15) is 0 Å². The maximum Gasteiger partial charge on any atom is 0.0746 e. The van der Waals surface area contributed by atoms with Gasteiger partial charge in [0.25, 0.3) is 0 Å². The Morgan fingerprint density at radius 2 is 2.06 bits per heavy atom. The Bertz CT molecular complexity index is 524. The molecule has 0 radical (unpaired) electrons. The molecule has 1 saturated carbocycles. The number of nitrogens with one attached hydrogen (secondary N) is 1. The van der Waals surface area contributed by atoms with Gasteiger partial charge in [-0.3, -0.25) is 4.98 Å². The van der Waals surface area contributed by atoms with E-state index in [1.807, 2.05) is 12.3 Å². The number of pyridine rings is 1. The molecule has 2 heteroatoms. The molecule has 2 nitrogen and oxygen atoms in total. The fourth-order valence-electron chi connectivity index (χ4n) is 2.50. The maximum atomic E-state index is 4.49. The van der Waals surface area contributed by atoms with Gasteiger partial charge in [0, 0.05) is 23.7 Å². The van der Waals surface area contributed by atoms with Crippen LogP contribution in [0.4, 0.5) is 0 Å². The number of hydrogen-bond donors (Lipinski definition) is 1. The predicted octanol–water partition coefficient (Wildman–Crippen LogP) is 3.27. The number of nitrogens with zero attached hydrogens (tertiary/aromatic N) is 1. The Labute approximate surface area is 102 Å². The fourth-order valence-corrected chi connectivity index (χ4v) is 2.50. The minimum atomic E-state index is 0.358. The average Bonchev–Trinajstić information content (AvgIpc) is 2.34. The van der Waals surface area contributed by atoms with Crippen LogP contribution in [0.3, 0.4) is 0 Å². The molecular formula is C15H18N2. The van der Waals surface area contributed by atoms with E-state index in [4.69, 9.17) is 0 Å². The van der Waals surface area contributed by atoms with Crippen molar-refractivity contribution in [3.63, 3.8) is 0 Å². The summed E-state index contributed by atoms with van der Waals surface area (Å²) in [5.41, 5.74) is 2.79. The van der Waals surface area contributed by atoms with Crippen LogP contribution in [0.25, 0.3) is 10.9 Å². The van der Waals surface area contributed by atoms with E-state index in [9.17, 15) is 0 Å². The number of aromatic nitrogens is 1. The van der Waals surface area contributed by atoms with Crippen molar-refractivity contribution < 1.29 is 0 Å². The number of para-hydroxylation sites is 1. The number of rotatable bonds is 3. The summed E-state index contributed by atoms with van der Waals surface area (Å²) >= 11 is 0. The highest BCUT2D eigenvalue weighted by Crippen LogP contribution is 2.31. The Hall–Kier alpha value is -1.41. The molecule has 0 spiro atoms. The summed E-state index contributed by atoms with van der Waals surface area (Å²) in [5, 5.41) is 4.89. The van der Waals surface area contributed by atoms with E-state index in [2.05, 4.69) is 41.5 Å². The molecule has 1 aliphatic rings. The van der Waals surface area contributed by atoms with Gasteiger partial charge in [0.15, 0.2) is 0 Å². The van der Waals surface area contributed by atoms with Gasteiger partial charge in [0.2, 0.25) is 0 Å². The molecule has 2 aromatic rings. The van der Waals surface area contributed by atoms with Crippen LogP contribution in [0.15, 0.2) is 36.5 Å². The van der Waals surface area contributed by atoms with Gasteiger partial charge in [-0.1, -0.05) is 24.3 Å². The minimum Gasteiger partial charge on any atom is -0.307 e. The third-order valence-electron chi connectivity index (χ3n) is 3.88. The number of hydrogen-bond acceptors (Lipinski definition) is 2. The molecule has 1 aromatic heterocycles. The summed E-state index contributed by atoms with van der Waals surface area (Å²) < 4.78 is 0. The fraction of sp³-hybridized carbons (Fsp3) is 0.400. The van der Waals surface area contributed by atoms with Crippen molar-refractivity contribution in [2.24, 2.45) is 0 Å². The van der Waals surface area contributed by atoms with Gasteiger partial charge < -0.3 is 5.32 Å². The summed E-state index contributed by atoms with van der Waals surface area (Å²) in [4.78, 5) is 4.49. The highest BCUT2D eigenvalue weighted by molar-refractivity contribution is 5.81. The van der Waals surface area contributed by atoms with Gasteiger partial charge >= 0.3 is 0 Å². The van der Waals surface area contributed by atoms with E-state index in [0.717, 1.165) is 12.1 Å². The summed E-state index contributed by atoms with van der Waals surface area (Å²) in [5.74, 6) is 0. The maximum absolute atomic E-state index is 4.49. The smallest absolute Gasteiger partial charge is 0.0746 e. The first-order chi connectivity index (χ1) is 8.27. The molecule has 1 fully saturated rings. The lowest BCUT2D eigenvalue weighted by Gasteiger charge is -2.39. The Kier molecular flexibility index (Phi) is 2.60.